The Morgan fingerprint density at radius 1 is 1.45 bits per heavy atom. The molecule has 2 amide bonds. The normalized spacial score (nSPS) is 11.8. The monoisotopic (exact) mass is 302 g/mol. The molecule has 0 aromatic heterocycles. The Morgan fingerprint density at radius 3 is 2.70 bits per heavy atom. The fourth-order valence-electron chi connectivity index (χ4n) is 1.59. The van der Waals surface area contributed by atoms with Gasteiger partial charge in [0, 0.05) is 6.54 Å². The molecule has 0 unspecified atom stereocenters. The Morgan fingerprint density at radius 2 is 2.15 bits per heavy atom. The van der Waals surface area contributed by atoms with E-state index in [1.807, 2.05) is 6.92 Å². The Bertz CT molecular complexity index is 497. The third kappa shape index (κ3) is 5.05. The first-order chi connectivity index (χ1) is 9.43. The first-order valence-corrected chi connectivity index (χ1v) is 6.53. The van der Waals surface area contributed by atoms with Gasteiger partial charge >= 0.3 is 12.0 Å². The lowest BCUT2D eigenvalue weighted by Crippen LogP contribution is -2.45. The number of rotatable bonds is 6. The molecule has 1 aromatic rings. The van der Waals surface area contributed by atoms with Crippen LogP contribution in [0.2, 0.25) is 5.02 Å². The van der Waals surface area contributed by atoms with Crippen LogP contribution < -0.4 is 10.6 Å². The van der Waals surface area contributed by atoms with Crippen LogP contribution in [0.5, 0.6) is 0 Å². The van der Waals surface area contributed by atoms with Gasteiger partial charge in [0.15, 0.2) is 0 Å². The summed E-state index contributed by atoms with van der Waals surface area (Å²) in [4.78, 5) is 22.4. The van der Waals surface area contributed by atoms with E-state index in [1.54, 1.807) is 0 Å². The SMILES string of the molecule is CCC[C@H](NC(=O)NCc1ccc(F)c(Cl)c1)C(=O)O. The van der Waals surface area contributed by atoms with Gasteiger partial charge in [0.25, 0.3) is 0 Å². The van der Waals surface area contributed by atoms with Crippen LogP contribution in [-0.4, -0.2) is 23.1 Å². The van der Waals surface area contributed by atoms with Crippen LogP contribution >= 0.6 is 11.6 Å². The summed E-state index contributed by atoms with van der Waals surface area (Å²) in [5.41, 5.74) is 0.619. The van der Waals surface area contributed by atoms with Crippen LogP contribution in [0.3, 0.4) is 0 Å². The maximum Gasteiger partial charge on any atom is 0.326 e. The number of hydrogen-bond donors (Lipinski definition) is 3. The fraction of sp³-hybridized carbons (Fsp3) is 0.385. The van der Waals surface area contributed by atoms with Gasteiger partial charge in [0.2, 0.25) is 0 Å². The van der Waals surface area contributed by atoms with Crippen LogP contribution in [0, 0.1) is 5.82 Å². The van der Waals surface area contributed by atoms with Crippen molar-refractivity contribution in [3.05, 3.63) is 34.6 Å². The van der Waals surface area contributed by atoms with Crippen LogP contribution in [0.15, 0.2) is 18.2 Å². The topological polar surface area (TPSA) is 78.4 Å². The molecule has 1 atom stereocenters. The van der Waals surface area contributed by atoms with Gasteiger partial charge in [-0.3, -0.25) is 0 Å². The highest BCUT2D eigenvalue weighted by molar-refractivity contribution is 6.30. The van der Waals surface area contributed by atoms with Crippen LogP contribution in [-0.2, 0) is 11.3 Å². The van der Waals surface area contributed by atoms with Crippen molar-refractivity contribution in [1.29, 1.82) is 0 Å². The highest BCUT2D eigenvalue weighted by atomic mass is 35.5. The third-order valence-corrected chi connectivity index (χ3v) is 2.91. The molecule has 0 heterocycles. The number of urea groups is 1. The van der Waals surface area contributed by atoms with Crippen LogP contribution in [0.1, 0.15) is 25.3 Å². The van der Waals surface area contributed by atoms with Gasteiger partial charge in [-0.1, -0.05) is 31.0 Å². The molecule has 7 heteroatoms. The molecule has 0 saturated heterocycles. The van der Waals surface area contributed by atoms with Gasteiger partial charge in [0.05, 0.1) is 5.02 Å². The molecular weight excluding hydrogens is 287 g/mol. The predicted octanol–water partition coefficient (Wildman–Crippen LogP) is 2.53. The van der Waals surface area contributed by atoms with Crippen molar-refractivity contribution in [3.63, 3.8) is 0 Å². The number of hydrogen-bond acceptors (Lipinski definition) is 2. The molecule has 5 nitrogen and oxygen atoms in total. The minimum atomic E-state index is -1.08. The minimum Gasteiger partial charge on any atom is -0.480 e. The van der Waals surface area contributed by atoms with E-state index < -0.39 is 23.9 Å². The molecule has 0 aliphatic rings. The summed E-state index contributed by atoms with van der Waals surface area (Å²) in [5.74, 6) is -1.61. The van der Waals surface area contributed by atoms with Crippen molar-refractivity contribution in [2.24, 2.45) is 0 Å². The smallest absolute Gasteiger partial charge is 0.326 e. The van der Waals surface area contributed by atoms with Crippen molar-refractivity contribution in [2.45, 2.75) is 32.4 Å². The Labute approximate surface area is 121 Å². The lowest BCUT2D eigenvalue weighted by Gasteiger charge is -2.14. The molecule has 1 aromatic carbocycles. The molecule has 3 N–H and O–H groups in total. The fourth-order valence-corrected chi connectivity index (χ4v) is 1.79. The van der Waals surface area contributed by atoms with E-state index >= 15 is 0 Å². The maximum absolute atomic E-state index is 12.9. The van der Waals surface area contributed by atoms with E-state index in [-0.39, 0.29) is 11.6 Å². The van der Waals surface area contributed by atoms with Crippen LogP contribution in [0.4, 0.5) is 9.18 Å². The number of aliphatic carboxylic acids is 1. The largest absolute Gasteiger partial charge is 0.480 e. The van der Waals surface area contributed by atoms with Gasteiger partial charge in [-0.2, -0.15) is 0 Å². The summed E-state index contributed by atoms with van der Waals surface area (Å²) < 4.78 is 12.9. The Kier molecular flexibility index (Phi) is 6.24. The average molecular weight is 303 g/mol. The molecule has 20 heavy (non-hydrogen) atoms. The van der Waals surface area contributed by atoms with E-state index in [1.165, 1.54) is 18.2 Å². The molecule has 0 aliphatic carbocycles. The zero-order chi connectivity index (χ0) is 15.1. The molecule has 110 valence electrons. The number of halogens is 2. The minimum absolute atomic E-state index is 0.0286. The van der Waals surface area contributed by atoms with E-state index in [0.717, 1.165) is 0 Å². The molecule has 0 radical (unpaired) electrons. The number of amides is 2. The van der Waals surface area contributed by atoms with Gasteiger partial charge in [0.1, 0.15) is 11.9 Å². The summed E-state index contributed by atoms with van der Waals surface area (Å²) in [5, 5.41) is 13.7. The van der Waals surface area contributed by atoms with Crippen molar-refractivity contribution in [1.82, 2.24) is 10.6 Å². The van der Waals surface area contributed by atoms with Gasteiger partial charge in [-0.15, -0.1) is 0 Å². The first kappa shape index (κ1) is 16.2. The highest BCUT2D eigenvalue weighted by Crippen LogP contribution is 2.15. The molecule has 0 aliphatic heterocycles. The van der Waals surface area contributed by atoms with Crippen molar-refractivity contribution >= 4 is 23.6 Å². The first-order valence-electron chi connectivity index (χ1n) is 6.15. The summed E-state index contributed by atoms with van der Waals surface area (Å²) in [6.07, 6.45) is 0.996. The zero-order valence-electron chi connectivity index (χ0n) is 11.0. The molecule has 0 fully saturated rings. The predicted molar refractivity (Wildman–Crippen MR) is 73.1 cm³/mol. The maximum atomic E-state index is 12.9. The molecular formula is C13H16ClFN2O3. The van der Waals surface area contributed by atoms with Crippen molar-refractivity contribution in [2.75, 3.05) is 0 Å². The molecule has 1 rings (SSSR count). The van der Waals surface area contributed by atoms with E-state index in [4.69, 9.17) is 16.7 Å². The van der Waals surface area contributed by atoms with E-state index in [2.05, 4.69) is 10.6 Å². The van der Waals surface area contributed by atoms with E-state index in [9.17, 15) is 14.0 Å². The van der Waals surface area contributed by atoms with Crippen LogP contribution in [0.25, 0.3) is 0 Å². The van der Waals surface area contributed by atoms with Crippen molar-refractivity contribution < 1.29 is 19.1 Å². The zero-order valence-corrected chi connectivity index (χ0v) is 11.7. The molecule has 0 saturated carbocycles. The standard InChI is InChI=1S/C13H16ClFN2O3/c1-2-3-11(12(18)19)17-13(20)16-7-8-4-5-10(15)9(14)6-8/h4-6,11H,2-3,7H2,1H3,(H,18,19)(H2,16,17,20)/t11-/m0/s1. The highest BCUT2D eigenvalue weighted by Gasteiger charge is 2.18. The second-order valence-electron chi connectivity index (χ2n) is 4.25. The lowest BCUT2D eigenvalue weighted by atomic mass is 10.2. The quantitative estimate of drug-likeness (QED) is 0.755. The van der Waals surface area contributed by atoms with E-state index in [0.29, 0.717) is 18.4 Å². The summed E-state index contributed by atoms with van der Waals surface area (Å²) >= 11 is 5.62. The molecule has 0 spiro atoms. The van der Waals surface area contributed by atoms with Gasteiger partial charge in [-0.05, 0) is 24.1 Å². The lowest BCUT2D eigenvalue weighted by molar-refractivity contribution is -0.139. The van der Waals surface area contributed by atoms with Gasteiger partial charge < -0.3 is 15.7 Å². The molecule has 0 bridgehead atoms. The average Bonchev–Trinajstić information content (AvgIpc) is 2.39. The summed E-state index contributed by atoms with van der Waals surface area (Å²) in [6.45, 7) is 1.96. The number of benzene rings is 1. The second-order valence-corrected chi connectivity index (χ2v) is 4.66. The number of carboxylic acid groups (broad SMARTS) is 1. The number of nitrogens with one attached hydrogen (secondary N) is 2. The number of carbonyl (C=O) groups excluding carboxylic acids is 1. The Balaban J connectivity index is 2.50. The summed E-state index contributed by atoms with van der Waals surface area (Å²) in [7, 11) is 0. The number of carbonyl (C=O) groups is 2. The second kappa shape index (κ2) is 7.69. The summed E-state index contributed by atoms with van der Waals surface area (Å²) in [6, 6.07) is 2.58. The number of carboxylic acids is 1. The van der Waals surface area contributed by atoms with Crippen molar-refractivity contribution in [3.8, 4) is 0 Å². The Hall–Kier alpha value is -1.82. The third-order valence-electron chi connectivity index (χ3n) is 2.62. The van der Waals surface area contributed by atoms with Gasteiger partial charge in [-0.25, -0.2) is 14.0 Å².